The number of aromatic hydroxyl groups is 1. The van der Waals surface area contributed by atoms with Crippen LogP contribution in [0.15, 0.2) is 18.2 Å². The molecule has 1 fully saturated rings. The van der Waals surface area contributed by atoms with E-state index in [4.69, 9.17) is 17.3 Å². The molecule has 0 aromatic heterocycles. The monoisotopic (exact) mass is 240 g/mol. The number of likely N-dealkylation sites (tertiary alicyclic amines) is 1. The van der Waals surface area contributed by atoms with Crippen molar-refractivity contribution >= 4 is 11.6 Å². The van der Waals surface area contributed by atoms with E-state index in [0.717, 1.165) is 31.5 Å². The smallest absolute Gasteiger partial charge is 0.121 e. The summed E-state index contributed by atoms with van der Waals surface area (Å²) in [5.74, 6) is 0.280. The summed E-state index contributed by atoms with van der Waals surface area (Å²) < 4.78 is 0. The van der Waals surface area contributed by atoms with Crippen molar-refractivity contribution in [2.45, 2.75) is 25.4 Å². The maximum Gasteiger partial charge on any atom is 0.121 e. The molecule has 1 aromatic rings. The minimum Gasteiger partial charge on any atom is -0.508 e. The number of nitrogens with two attached hydrogens (primary N) is 1. The zero-order chi connectivity index (χ0) is 11.5. The average Bonchev–Trinajstić information content (AvgIpc) is 2.26. The fourth-order valence-electron chi connectivity index (χ4n) is 2.04. The Labute approximate surface area is 101 Å². The Hall–Kier alpha value is -0.770. The van der Waals surface area contributed by atoms with Crippen LogP contribution in [0.1, 0.15) is 18.4 Å². The van der Waals surface area contributed by atoms with Crippen molar-refractivity contribution in [3.63, 3.8) is 0 Å². The third-order valence-electron chi connectivity index (χ3n) is 3.11. The first-order chi connectivity index (χ1) is 7.66. The highest BCUT2D eigenvalue weighted by atomic mass is 35.5. The lowest BCUT2D eigenvalue weighted by Gasteiger charge is -2.30. The van der Waals surface area contributed by atoms with Crippen LogP contribution in [0.4, 0.5) is 0 Å². The number of phenols is 1. The summed E-state index contributed by atoms with van der Waals surface area (Å²) in [7, 11) is 0. The van der Waals surface area contributed by atoms with Crippen molar-refractivity contribution in [3.05, 3.63) is 28.8 Å². The molecule has 0 amide bonds. The largest absolute Gasteiger partial charge is 0.508 e. The molecule has 4 heteroatoms. The third-order valence-corrected chi connectivity index (χ3v) is 3.46. The lowest BCUT2D eigenvalue weighted by molar-refractivity contribution is 0.204. The van der Waals surface area contributed by atoms with Crippen molar-refractivity contribution in [1.82, 2.24) is 4.90 Å². The van der Waals surface area contributed by atoms with E-state index < -0.39 is 0 Å². The topological polar surface area (TPSA) is 49.5 Å². The van der Waals surface area contributed by atoms with Crippen LogP contribution < -0.4 is 5.73 Å². The zero-order valence-corrected chi connectivity index (χ0v) is 9.95. The highest BCUT2D eigenvalue weighted by Gasteiger charge is 2.18. The van der Waals surface area contributed by atoms with Gasteiger partial charge in [-0.3, -0.25) is 4.90 Å². The molecule has 88 valence electrons. The average molecular weight is 241 g/mol. The van der Waals surface area contributed by atoms with Crippen molar-refractivity contribution < 1.29 is 5.11 Å². The summed E-state index contributed by atoms with van der Waals surface area (Å²) in [5.41, 5.74) is 6.67. The molecule has 0 atom stereocenters. The van der Waals surface area contributed by atoms with E-state index in [0.29, 0.717) is 17.6 Å². The van der Waals surface area contributed by atoms with Gasteiger partial charge >= 0.3 is 0 Å². The fraction of sp³-hybridized carbons (Fsp3) is 0.500. The second-order valence-electron chi connectivity index (χ2n) is 4.35. The SMILES string of the molecule is NC1CCN(Cc2c(O)cccc2Cl)CC1. The Balaban J connectivity index is 2.04. The summed E-state index contributed by atoms with van der Waals surface area (Å²) in [5, 5.41) is 10.4. The number of benzene rings is 1. The van der Waals surface area contributed by atoms with E-state index >= 15 is 0 Å². The maximum absolute atomic E-state index is 9.74. The predicted molar refractivity (Wildman–Crippen MR) is 65.6 cm³/mol. The van der Waals surface area contributed by atoms with Gasteiger partial charge in [0, 0.05) is 23.2 Å². The molecule has 16 heavy (non-hydrogen) atoms. The van der Waals surface area contributed by atoms with Crippen LogP contribution in [-0.2, 0) is 6.54 Å². The summed E-state index contributed by atoms with van der Waals surface area (Å²) in [6.45, 7) is 2.66. The Morgan fingerprint density at radius 2 is 2.06 bits per heavy atom. The lowest BCUT2D eigenvalue weighted by Crippen LogP contribution is -2.39. The predicted octanol–water partition coefficient (Wildman–Crippen LogP) is 1.97. The van der Waals surface area contributed by atoms with E-state index in [1.165, 1.54) is 0 Å². The van der Waals surface area contributed by atoms with Crippen LogP contribution in [0.2, 0.25) is 5.02 Å². The molecular formula is C12H17ClN2O. The van der Waals surface area contributed by atoms with Gasteiger partial charge < -0.3 is 10.8 Å². The van der Waals surface area contributed by atoms with Crippen molar-refractivity contribution in [1.29, 1.82) is 0 Å². The van der Waals surface area contributed by atoms with Gasteiger partial charge in [0.2, 0.25) is 0 Å². The van der Waals surface area contributed by atoms with E-state index in [-0.39, 0.29) is 5.75 Å². The van der Waals surface area contributed by atoms with Gasteiger partial charge in [-0.2, -0.15) is 0 Å². The number of rotatable bonds is 2. The molecule has 3 N–H and O–H groups in total. The maximum atomic E-state index is 9.74. The molecule has 0 spiro atoms. The minimum atomic E-state index is 0.280. The molecule has 1 aliphatic rings. The van der Waals surface area contributed by atoms with Gasteiger partial charge in [-0.1, -0.05) is 17.7 Å². The van der Waals surface area contributed by atoms with Crippen molar-refractivity contribution in [3.8, 4) is 5.75 Å². The van der Waals surface area contributed by atoms with Crippen LogP contribution in [0.3, 0.4) is 0 Å². The second-order valence-corrected chi connectivity index (χ2v) is 4.76. The van der Waals surface area contributed by atoms with Gasteiger partial charge in [0.15, 0.2) is 0 Å². The van der Waals surface area contributed by atoms with Gasteiger partial charge in [-0.25, -0.2) is 0 Å². The molecule has 1 heterocycles. The summed E-state index contributed by atoms with van der Waals surface area (Å²) in [4.78, 5) is 2.28. The number of nitrogens with zero attached hydrogens (tertiary/aromatic N) is 1. The number of hydrogen-bond acceptors (Lipinski definition) is 3. The number of phenolic OH excluding ortho intramolecular Hbond substituents is 1. The molecule has 0 aliphatic carbocycles. The molecule has 2 rings (SSSR count). The van der Waals surface area contributed by atoms with Crippen LogP contribution in [-0.4, -0.2) is 29.1 Å². The van der Waals surface area contributed by atoms with Gasteiger partial charge in [-0.05, 0) is 38.1 Å². The molecule has 0 unspecified atom stereocenters. The molecule has 1 aromatic carbocycles. The molecule has 0 radical (unpaired) electrons. The number of halogens is 1. The number of piperidine rings is 1. The van der Waals surface area contributed by atoms with Crippen LogP contribution in [0.25, 0.3) is 0 Å². The molecule has 0 saturated carbocycles. The van der Waals surface area contributed by atoms with Crippen LogP contribution in [0.5, 0.6) is 5.75 Å². The van der Waals surface area contributed by atoms with Gasteiger partial charge in [0.1, 0.15) is 5.75 Å². The Morgan fingerprint density at radius 3 is 2.69 bits per heavy atom. The zero-order valence-electron chi connectivity index (χ0n) is 9.19. The van der Waals surface area contributed by atoms with Crippen LogP contribution in [0, 0.1) is 0 Å². The van der Waals surface area contributed by atoms with Gasteiger partial charge in [0.05, 0.1) is 0 Å². The van der Waals surface area contributed by atoms with E-state index in [1.807, 2.05) is 6.07 Å². The highest BCUT2D eigenvalue weighted by molar-refractivity contribution is 6.31. The quantitative estimate of drug-likeness (QED) is 0.831. The molecule has 3 nitrogen and oxygen atoms in total. The van der Waals surface area contributed by atoms with Crippen molar-refractivity contribution in [2.75, 3.05) is 13.1 Å². The second kappa shape index (κ2) is 5.04. The van der Waals surface area contributed by atoms with Gasteiger partial charge in [0.25, 0.3) is 0 Å². The Morgan fingerprint density at radius 1 is 1.38 bits per heavy atom. The first-order valence-electron chi connectivity index (χ1n) is 5.61. The van der Waals surface area contributed by atoms with E-state index in [1.54, 1.807) is 12.1 Å². The summed E-state index contributed by atoms with van der Waals surface area (Å²) in [6, 6.07) is 5.58. The first-order valence-corrected chi connectivity index (χ1v) is 5.99. The number of hydrogen-bond donors (Lipinski definition) is 2. The molecular weight excluding hydrogens is 224 g/mol. The fourth-order valence-corrected chi connectivity index (χ4v) is 2.27. The van der Waals surface area contributed by atoms with E-state index in [2.05, 4.69) is 4.90 Å². The Bertz CT molecular complexity index is 342. The van der Waals surface area contributed by atoms with Gasteiger partial charge in [-0.15, -0.1) is 0 Å². The van der Waals surface area contributed by atoms with Crippen LogP contribution >= 0.6 is 11.6 Å². The standard InChI is InChI=1S/C12H17ClN2O/c13-11-2-1-3-12(16)10(11)8-15-6-4-9(14)5-7-15/h1-3,9,16H,4-8,14H2. The molecule has 1 aliphatic heterocycles. The van der Waals surface area contributed by atoms with E-state index in [9.17, 15) is 5.11 Å². The Kier molecular flexibility index (Phi) is 3.69. The minimum absolute atomic E-state index is 0.280. The molecule has 0 bridgehead atoms. The third kappa shape index (κ3) is 2.67. The van der Waals surface area contributed by atoms with Crippen molar-refractivity contribution in [2.24, 2.45) is 5.73 Å². The summed E-state index contributed by atoms with van der Waals surface area (Å²) in [6.07, 6.45) is 2.04. The summed E-state index contributed by atoms with van der Waals surface area (Å²) >= 11 is 6.07. The first kappa shape index (κ1) is 11.7. The normalized spacial score (nSPS) is 18.9. The lowest BCUT2D eigenvalue weighted by atomic mass is 10.1. The highest BCUT2D eigenvalue weighted by Crippen LogP contribution is 2.27. The molecule has 1 saturated heterocycles.